The Labute approximate surface area is 225 Å². The Bertz CT molecular complexity index is 1070. The summed E-state index contributed by atoms with van der Waals surface area (Å²) in [7, 11) is 2.99. The van der Waals surface area contributed by atoms with Crippen molar-refractivity contribution in [3.63, 3.8) is 0 Å². The van der Waals surface area contributed by atoms with Crippen molar-refractivity contribution in [1.29, 1.82) is 0 Å². The maximum Gasteiger partial charge on any atom is 0.196 e. The van der Waals surface area contributed by atoms with Gasteiger partial charge in [-0.3, -0.25) is 9.59 Å². The molecule has 0 aromatic heterocycles. The van der Waals surface area contributed by atoms with Crippen molar-refractivity contribution in [1.82, 2.24) is 0 Å². The van der Waals surface area contributed by atoms with Crippen LogP contribution in [0.25, 0.3) is 0 Å². The second kappa shape index (κ2) is 12.1. The van der Waals surface area contributed by atoms with E-state index in [9.17, 15) is 9.59 Å². The maximum atomic E-state index is 14.3. The van der Waals surface area contributed by atoms with Crippen LogP contribution in [0.1, 0.15) is 81.0 Å². The number of carbonyl (C=O) groups is 2. The highest BCUT2D eigenvalue weighted by atomic mass is 35.5. The third-order valence-corrected chi connectivity index (χ3v) is 7.70. The number of hydrogen-bond acceptors (Lipinski definition) is 7. The Balaban J connectivity index is 2.12. The number of alkyl halides is 1. The zero-order chi connectivity index (χ0) is 27.4. The number of rotatable bonds is 11. The normalized spacial score (nSPS) is 24.8. The summed E-state index contributed by atoms with van der Waals surface area (Å²) in [6.45, 7) is 9.80. The SMILES string of the molecule is COCOc1cc(OCOC)c2c(c1)C(=O)[C@]1(C/C=C(\C)CCC=C(C)C)OC(C)(C)[C@H](Cl)CC1C2=O. The maximum absolute atomic E-state index is 14.3. The van der Waals surface area contributed by atoms with Gasteiger partial charge in [-0.1, -0.05) is 23.3 Å². The number of methoxy groups -OCH3 is 2. The molecule has 1 aliphatic carbocycles. The molecule has 1 heterocycles. The lowest BCUT2D eigenvalue weighted by Crippen LogP contribution is -2.64. The van der Waals surface area contributed by atoms with Crippen LogP contribution in [-0.4, -0.2) is 56.0 Å². The number of benzene rings is 1. The van der Waals surface area contributed by atoms with Gasteiger partial charge in [0.25, 0.3) is 0 Å². The summed E-state index contributed by atoms with van der Waals surface area (Å²) >= 11 is 6.70. The molecule has 3 atom stereocenters. The first kappa shape index (κ1) is 29.4. The Morgan fingerprint density at radius 3 is 2.41 bits per heavy atom. The van der Waals surface area contributed by atoms with E-state index in [0.29, 0.717) is 12.2 Å². The third-order valence-electron chi connectivity index (χ3n) is 6.99. The molecule has 1 aromatic rings. The highest BCUT2D eigenvalue weighted by molar-refractivity contribution is 6.24. The molecule has 37 heavy (non-hydrogen) atoms. The van der Waals surface area contributed by atoms with Gasteiger partial charge in [-0.05, 0) is 59.9 Å². The van der Waals surface area contributed by atoms with Crippen LogP contribution >= 0.6 is 11.6 Å². The minimum absolute atomic E-state index is 0.0243. The van der Waals surface area contributed by atoms with Gasteiger partial charge in [0, 0.05) is 32.3 Å². The fourth-order valence-corrected chi connectivity index (χ4v) is 5.20. The van der Waals surface area contributed by atoms with E-state index in [0.717, 1.165) is 18.4 Å². The number of Topliss-reactive ketones (excluding diaryl/α,β-unsaturated/α-hetero) is 2. The summed E-state index contributed by atoms with van der Waals surface area (Å²) in [5.74, 6) is -0.680. The molecule has 8 heteroatoms. The lowest BCUT2D eigenvalue weighted by atomic mass is 9.64. The topological polar surface area (TPSA) is 80.3 Å². The van der Waals surface area contributed by atoms with Crippen LogP contribution in [0.4, 0.5) is 0 Å². The Hall–Kier alpha value is -2.19. The number of ether oxygens (including phenoxy) is 5. The van der Waals surface area contributed by atoms with Crippen molar-refractivity contribution in [2.45, 2.75) is 76.9 Å². The minimum atomic E-state index is -1.38. The smallest absolute Gasteiger partial charge is 0.196 e. The molecule has 0 spiro atoms. The second-order valence-corrected chi connectivity index (χ2v) is 11.1. The molecule has 0 bridgehead atoms. The summed E-state index contributed by atoms with van der Waals surface area (Å²) in [6.07, 6.45) is 6.57. The zero-order valence-electron chi connectivity index (χ0n) is 22.9. The third kappa shape index (κ3) is 6.28. The van der Waals surface area contributed by atoms with Crippen molar-refractivity contribution in [3.8, 4) is 11.5 Å². The molecule has 7 nitrogen and oxygen atoms in total. The van der Waals surface area contributed by atoms with E-state index in [1.54, 1.807) is 12.1 Å². The Morgan fingerprint density at radius 1 is 1.08 bits per heavy atom. The number of ketones is 2. The van der Waals surface area contributed by atoms with E-state index in [-0.39, 0.29) is 48.4 Å². The van der Waals surface area contributed by atoms with Gasteiger partial charge in [0.1, 0.15) is 17.1 Å². The number of fused-ring (bicyclic) bond motifs is 2. The Morgan fingerprint density at radius 2 is 1.76 bits per heavy atom. The predicted octanol–water partition coefficient (Wildman–Crippen LogP) is 6.28. The first-order chi connectivity index (χ1) is 17.5. The van der Waals surface area contributed by atoms with Gasteiger partial charge in [-0.15, -0.1) is 11.6 Å². The molecule has 1 fully saturated rings. The molecule has 3 rings (SSSR count). The summed E-state index contributed by atoms with van der Waals surface area (Å²) in [6, 6.07) is 3.15. The van der Waals surface area contributed by atoms with Gasteiger partial charge in [0.2, 0.25) is 0 Å². The molecule has 0 radical (unpaired) electrons. The van der Waals surface area contributed by atoms with Crippen LogP contribution in [0.3, 0.4) is 0 Å². The first-order valence-electron chi connectivity index (χ1n) is 12.6. The second-order valence-electron chi connectivity index (χ2n) is 10.6. The van der Waals surface area contributed by atoms with Crippen LogP contribution in [0.2, 0.25) is 0 Å². The van der Waals surface area contributed by atoms with E-state index < -0.39 is 22.5 Å². The number of carbonyl (C=O) groups excluding carboxylic acids is 2. The zero-order valence-corrected chi connectivity index (χ0v) is 23.7. The molecule has 0 amide bonds. The van der Waals surface area contributed by atoms with Crippen LogP contribution in [0.15, 0.2) is 35.4 Å². The van der Waals surface area contributed by atoms with Crippen molar-refractivity contribution in [3.05, 3.63) is 46.6 Å². The average molecular weight is 535 g/mol. The fraction of sp³-hybridized carbons (Fsp3) is 0.586. The molecule has 1 saturated heterocycles. The molecule has 2 aliphatic rings. The van der Waals surface area contributed by atoms with Gasteiger partial charge < -0.3 is 23.7 Å². The van der Waals surface area contributed by atoms with Crippen LogP contribution in [-0.2, 0) is 14.2 Å². The van der Waals surface area contributed by atoms with E-state index in [4.69, 9.17) is 35.3 Å². The van der Waals surface area contributed by atoms with Crippen molar-refractivity contribution < 1.29 is 33.3 Å². The van der Waals surface area contributed by atoms with Gasteiger partial charge in [-0.2, -0.15) is 0 Å². The van der Waals surface area contributed by atoms with Crippen LogP contribution in [0, 0.1) is 5.92 Å². The van der Waals surface area contributed by atoms with E-state index in [1.807, 2.05) is 26.8 Å². The fourth-order valence-electron chi connectivity index (χ4n) is 4.97. The van der Waals surface area contributed by atoms with E-state index in [1.165, 1.54) is 19.8 Å². The first-order valence-corrected chi connectivity index (χ1v) is 13.0. The van der Waals surface area contributed by atoms with Crippen molar-refractivity contribution in [2.75, 3.05) is 27.8 Å². The lowest BCUT2D eigenvalue weighted by Gasteiger charge is -2.52. The summed E-state index contributed by atoms with van der Waals surface area (Å²) in [4.78, 5) is 28.4. The van der Waals surface area contributed by atoms with Crippen LogP contribution < -0.4 is 9.47 Å². The van der Waals surface area contributed by atoms with Crippen molar-refractivity contribution in [2.24, 2.45) is 5.92 Å². The summed E-state index contributed by atoms with van der Waals surface area (Å²) in [5.41, 5.74) is 0.625. The molecule has 204 valence electrons. The van der Waals surface area contributed by atoms with Crippen LogP contribution in [0.5, 0.6) is 11.5 Å². The standard InChI is InChI=1S/C29H39ClO7/c1-18(2)9-8-10-19(3)11-12-29-22(15-24(30)28(4,5)37-29)26(31)25-21(27(29)32)13-20(35-16-33-6)14-23(25)36-17-34-7/h9,11,13-14,22,24H,8,10,12,15-17H2,1-7H3/b19-11+/t22?,24-,29-/m1/s1. The summed E-state index contributed by atoms with van der Waals surface area (Å²) in [5, 5.41) is -0.445. The van der Waals surface area contributed by atoms with E-state index >= 15 is 0 Å². The minimum Gasteiger partial charge on any atom is -0.467 e. The van der Waals surface area contributed by atoms with Crippen molar-refractivity contribution >= 4 is 23.2 Å². The molecule has 0 N–H and O–H groups in total. The largest absolute Gasteiger partial charge is 0.467 e. The van der Waals surface area contributed by atoms with Gasteiger partial charge in [0.15, 0.2) is 25.2 Å². The molecular weight excluding hydrogens is 496 g/mol. The van der Waals surface area contributed by atoms with Gasteiger partial charge in [0.05, 0.1) is 22.5 Å². The monoisotopic (exact) mass is 534 g/mol. The molecule has 1 unspecified atom stereocenters. The van der Waals surface area contributed by atoms with Gasteiger partial charge in [-0.25, -0.2) is 0 Å². The lowest BCUT2D eigenvalue weighted by molar-refractivity contribution is -0.164. The Kier molecular flexibility index (Phi) is 9.62. The molecule has 0 saturated carbocycles. The predicted molar refractivity (Wildman–Crippen MR) is 143 cm³/mol. The average Bonchev–Trinajstić information content (AvgIpc) is 2.84. The molecule has 1 aliphatic heterocycles. The quantitative estimate of drug-likeness (QED) is 0.188. The number of halogens is 1. The number of allylic oxidation sites excluding steroid dienone is 3. The molecular formula is C29H39ClO7. The highest BCUT2D eigenvalue weighted by Crippen LogP contribution is 2.51. The van der Waals surface area contributed by atoms with E-state index in [2.05, 4.69) is 19.9 Å². The molecule has 1 aromatic carbocycles. The summed E-state index contributed by atoms with van der Waals surface area (Å²) < 4.78 is 28.0. The highest BCUT2D eigenvalue weighted by Gasteiger charge is 2.61. The van der Waals surface area contributed by atoms with Gasteiger partial charge >= 0.3 is 0 Å². The number of hydrogen-bond donors (Lipinski definition) is 0.